The summed E-state index contributed by atoms with van der Waals surface area (Å²) < 4.78 is 10.5. The summed E-state index contributed by atoms with van der Waals surface area (Å²) in [6, 6.07) is 13.1. The van der Waals surface area contributed by atoms with Crippen molar-refractivity contribution in [3.63, 3.8) is 0 Å². The molecule has 2 amide bonds. The van der Waals surface area contributed by atoms with Crippen molar-refractivity contribution in [2.45, 2.75) is 26.2 Å². The predicted molar refractivity (Wildman–Crippen MR) is 120 cm³/mol. The molecular weight excluding hydrogens is 414 g/mol. The van der Waals surface area contributed by atoms with Crippen LogP contribution in [0.4, 0.5) is 5.13 Å². The lowest BCUT2D eigenvalue weighted by atomic mass is 9.86. The molecule has 1 aromatic heterocycles. The molecule has 2 heterocycles. The highest BCUT2D eigenvalue weighted by Crippen LogP contribution is 2.32. The van der Waals surface area contributed by atoms with Gasteiger partial charge in [0.1, 0.15) is 0 Å². The first-order chi connectivity index (χ1) is 14.8. The van der Waals surface area contributed by atoms with Crippen LogP contribution >= 0.6 is 11.3 Å². The number of carbonyl (C=O) groups is 2. The van der Waals surface area contributed by atoms with E-state index in [1.165, 1.54) is 16.9 Å². The van der Waals surface area contributed by atoms with Gasteiger partial charge in [-0.3, -0.25) is 9.59 Å². The lowest BCUT2D eigenvalue weighted by Gasteiger charge is -2.18. The summed E-state index contributed by atoms with van der Waals surface area (Å²) in [6.45, 7) is 6.49. The van der Waals surface area contributed by atoms with Crippen molar-refractivity contribution < 1.29 is 19.1 Å². The van der Waals surface area contributed by atoms with Gasteiger partial charge in [0.2, 0.25) is 12.7 Å². The second-order valence-corrected chi connectivity index (χ2v) is 9.02. The molecule has 7 nitrogen and oxygen atoms in total. The number of rotatable bonds is 5. The fraction of sp³-hybridized carbons (Fsp3) is 0.261. The van der Waals surface area contributed by atoms with E-state index in [1.807, 2.05) is 17.5 Å². The first-order valence-electron chi connectivity index (χ1n) is 9.84. The molecule has 2 N–H and O–H groups in total. The average molecular weight is 438 g/mol. The van der Waals surface area contributed by atoms with Crippen LogP contribution in [0, 0.1) is 0 Å². The van der Waals surface area contributed by atoms with Crippen LogP contribution in [0.2, 0.25) is 0 Å². The van der Waals surface area contributed by atoms with Gasteiger partial charge in [-0.2, -0.15) is 0 Å². The standard InChI is InChI=1S/C23H23N3O4S/c1-23(2,3)16-7-4-14(5-8-16)17-12-31-22(25-17)26-20(27)11-24-21(28)15-6-9-18-19(10-15)30-13-29-18/h4-10,12H,11,13H2,1-3H3,(H,24,28)(H,25,26,27). The molecule has 4 rings (SSSR count). The number of nitrogens with one attached hydrogen (secondary N) is 2. The Labute approximate surface area is 184 Å². The van der Waals surface area contributed by atoms with E-state index in [0.717, 1.165) is 11.3 Å². The van der Waals surface area contributed by atoms with Crippen molar-refractivity contribution in [2.75, 3.05) is 18.7 Å². The largest absolute Gasteiger partial charge is 0.454 e. The number of carbonyl (C=O) groups excluding carboxylic acids is 2. The highest BCUT2D eigenvalue weighted by molar-refractivity contribution is 7.14. The zero-order chi connectivity index (χ0) is 22.0. The SMILES string of the molecule is CC(C)(C)c1ccc(-c2csc(NC(=O)CNC(=O)c3ccc4c(c3)OCO4)n2)cc1. The number of hydrogen-bond donors (Lipinski definition) is 2. The fourth-order valence-electron chi connectivity index (χ4n) is 3.07. The van der Waals surface area contributed by atoms with E-state index in [0.29, 0.717) is 22.2 Å². The summed E-state index contributed by atoms with van der Waals surface area (Å²) in [5, 5.41) is 7.70. The van der Waals surface area contributed by atoms with Crippen molar-refractivity contribution >= 4 is 28.3 Å². The van der Waals surface area contributed by atoms with Crippen LogP contribution in [0.5, 0.6) is 11.5 Å². The Hall–Kier alpha value is -3.39. The Bertz CT molecular complexity index is 1120. The lowest BCUT2D eigenvalue weighted by Crippen LogP contribution is -2.32. The molecule has 0 aliphatic carbocycles. The van der Waals surface area contributed by atoms with Gasteiger partial charge in [0, 0.05) is 16.5 Å². The number of fused-ring (bicyclic) bond motifs is 1. The molecule has 0 radical (unpaired) electrons. The molecule has 0 saturated heterocycles. The molecule has 0 spiro atoms. The molecular formula is C23H23N3O4S. The second kappa shape index (κ2) is 8.39. The zero-order valence-corrected chi connectivity index (χ0v) is 18.3. The van der Waals surface area contributed by atoms with Gasteiger partial charge < -0.3 is 20.1 Å². The maximum Gasteiger partial charge on any atom is 0.251 e. The van der Waals surface area contributed by atoms with Gasteiger partial charge in [-0.25, -0.2) is 4.98 Å². The van der Waals surface area contributed by atoms with E-state index >= 15 is 0 Å². The van der Waals surface area contributed by atoms with Crippen LogP contribution in [0.3, 0.4) is 0 Å². The maximum absolute atomic E-state index is 12.3. The van der Waals surface area contributed by atoms with Crippen molar-refractivity contribution in [1.82, 2.24) is 10.3 Å². The third kappa shape index (κ3) is 4.86. The first-order valence-corrected chi connectivity index (χ1v) is 10.7. The van der Waals surface area contributed by atoms with Gasteiger partial charge in [-0.15, -0.1) is 11.3 Å². The number of hydrogen-bond acceptors (Lipinski definition) is 6. The third-order valence-corrected chi connectivity index (χ3v) is 5.60. The summed E-state index contributed by atoms with van der Waals surface area (Å²) in [5.41, 5.74) is 3.52. The molecule has 31 heavy (non-hydrogen) atoms. The highest BCUT2D eigenvalue weighted by Gasteiger charge is 2.17. The number of anilines is 1. The van der Waals surface area contributed by atoms with Crippen molar-refractivity contribution in [1.29, 1.82) is 0 Å². The van der Waals surface area contributed by atoms with Crippen LogP contribution in [-0.2, 0) is 10.2 Å². The molecule has 0 atom stereocenters. The topological polar surface area (TPSA) is 89.6 Å². The Kier molecular flexibility index (Phi) is 5.65. The van der Waals surface area contributed by atoms with Gasteiger partial charge in [-0.05, 0) is 29.2 Å². The van der Waals surface area contributed by atoms with Crippen LogP contribution in [0.1, 0.15) is 36.7 Å². The highest BCUT2D eigenvalue weighted by atomic mass is 32.1. The third-order valence-electron chi connectivity index (χ3n) is 4.84. The fourth-order valence-corrected chi connectivity index (χ4v) is 3.80. The van der Waals surface area contributed by atoms with Crippen molar-refractivity contribution in [2.24, 2.45) is 0 Å². The molecule has 1 aliphatic rings. The number of nitrogens with zero attached hydrogens (tertiary/aromatic N) is 1. The van der Waals surface area contributed by atoms with E-state index in [4.69, 9.17) is 9.47 Å². The summed E-state index contributed by atoms with van der Waals surface area (Å²) in [7, 11) is 0. The summed E-state index contributed by atoms with van der Waals surface area (Å²) in [4.78, 5) is 29.0. The molecule has 0 unspecified atom stereocenters. The maximum atomic E-state index is 12.3. The normalized spacial score (nSPS) is 12.5. The van der Waals surface area contributed by atoms with Crippen LogP contribution in [0.25, 0.3) is 11.3 Å². The smallest absolute Gasteiger partial charge is 0.251 e. The number of thiazole rings is 1. The summed E-state index contributed by atoms with van der Waals surface area (Å²) in [6.07, 6.45) is 0. The number of amides is 2. The lowest BCUT2D eigenvalue weighted by molar-refractivity contribution is -0.115. The molecule has 8 heteroatoms. The first kappa shape index (κ1) is 20.9. The van der Waals surface area contributed by atoms with Gasteiger partial charge in [0.25, 0.3) is 5.91 Å². The molecule has 1 aliphatic heterocycles. The van der Waals surface area contributed by atoms with Crippen LogP contribution < -0.4 is 20.1 Å². The molecule has 0 saturated carbocycles. The molecule has 0 bridgehead atoms. The molecule has 0 fully saturated rings. The molecule has 160 valence electrons. The van der Waals surface area contributed by atoms with Gasteiger partial charge in [-0.1, -0.05) is 45.0 Å². The van der Waals surface area contributed by atoms with E-state index in [2.05, 4.69) is 48.5 Å². The van der Waals surface area contributed by atoms with Gasteiger partial charge in [0.05, 0.1) is 12.2 Å². The Morgan fingerprint density at radius 1 is 1.06 bits per heavy atom. The summed E-state index contributed by atoms with van der Waals surface area (Å²) >= 11 is 1.34. The number of ether oxygens (including phenoxy) is 2. The average Bonchev–Trinajstić information content (AvgIpc) is 3.40. The number of benzene rings is 2. The van der Waals surface area contributed by atoms with E-state index in [9.17, 15) is 9.59 Å². The van der Waals surface area contributed by atoms with Gasteiger partial charge in [0.15, 0.2) is 16.6 Å². The minimum absolute atomic E-state index is 0.0881. The van der Waals surface area contributed by atoms with Crippen molar-refractivity contribution in [3.8, 4) is 22.8 Å². The minimum Gasteiger partial charge on any atom is -0.454 e. The second-order valence-electron chi connectivity index (χ2n) is 8.16. The van der Waals surface area contributed by atoms with E-state index < -0.39 is 0 Å². The molecule has 3 aromatic rings. The predicted octanol–water partition coefficient (Wildman–Crippen LogP) is 4.20. The quantitative estimate of drug-likeness (QED) is 0.624. The van der Waals surface area contributed by atoms with Crippen molar-refractivity contribution in [3.05, 3.63) is 59.0 Å². The van der Waals surface area contributed by atoms with Crippen LogP contribution in [0.15, 0.2) is 47.8 Å². The van der Waals surface area contributed by atoms with E-state index in [-0.39, 0.29) is 30.6 Å². The Balaban J connectivity index is 1.32. The van der Waals surface area contributed by atoms with Crippen LogP contribution in [-0.4, -0.2) is 30.1 Å². The zero-order valence-electron chi connectivity index (χ0n) is 17.5. The Morgan fingerprint density at radius 2 is 1.81 bits per heavy atom. The van der Waals surface area contributed by atoms with Gasteiger partial charge >= 0.3 is 0 Å². The van der Waals surface area contributed by atoms with E-state index in [1.54, 1.807) is 18.2 Å². The molecule has 2 aromatic carbocycles. The Morgan fingerprint density at radius 3 is 2.55 bits per heavy atom. The minimum atomic E-state index is -0.368. The summed E-state index contributed by atoms with van der Waals surface area (Å²) in [5.74, 6) is 0.398. The monoisotopic (exact) mass is 437 g/mol. The number of aromatic nitrogens is 1.